The first-order valence-electron chi connectivity index (χ1n) is 7.78. The molecule has 0 spiro atoms. The molecule has 0 atom stereocenters. The van der Waals surface area contributed by atoms with Gasteiger partial charge < -0.3 is 15.4 Å². The third-order valence-corrected chi connectivity index (χ3v) is 4.38. The van der Waals surface area contributed by atoms with Crippen molar-refractivity contribution in [2.45, 2.75) is 31.2 Å². The van der Waals surface area contributed by atoms with Crippen LogP contribution < -0.4 is 10.6 Å². The molecule has 0 aliphatic carbocycles. The Morgan fingerprint density at radius 1 is 1.17 bits per heavy atom. The van der Waals surface area contributed by atoms with E-state index in [1.165, 1.54) is 6.26 Å². The summed E-state index contributed by atoms with van der Waals surface area (Å²) in [6, 6.07) is 6.85. The highest BCUT2D eigenvalue weighted by Crippen LogP contribution is 2.10. The SMILES string of the molecule is CCOCCCCNC(=NC)NCc1ccc(S(C)(=O)=O)cc1.I. The minimum absolute atomic E-state index is 0. The molecule has 0 aliphatic heterocycles. The molecule has 1 aromatic rings. The number of benzene rings is 1. The van der Waals surface area contributed by atoms with E-state index in [1.54, 1.807) is 31.3 Å². The third kappa shape index (κ3) is 9.43. The van der Waals surface area contributed by atoms with Crippen molar-refractivity contribution in [2.24, 2.45) is 4.99 Å². The van der Waals surface area contributed by atoms with Crippen molar-refractivity contribution < 1.29 is 13.2 Å². The van der Waals surface area contributed by atoms with Gasteiger partial charge >= 0.3 is 0 Å². The summed E-state index contributed by atoms with van der Waals surface area (Å²) in [5.41, 5.74) is 0.997. The van der Waals surface area contributed by atoms with Crippen LogP contribution in [0.25, 0.3) is 0 Å². The van der Waals surface area contributed by atoms with E-state index in [9.17, 15) is 8.42 Å². The van der Waals surface area contributed by atoms with Gasteiger partial charge in [0.15, 0.2) is 15.8 Å². The standard InChI is InChI=1S/C16H27N3O3S.HI/c1-4-22-12-6-5-11-18-16(17-2)19-13-14-7-9-15(10-8-14)23(3,20)21;/h7-10H,4-6,11-13H2,1-3H3,(H2,17,18,19);1H. The molecular formula is C16H28IN3O3S. The second-order valence-electron chi connectivity index (χ2n) is 5.17. The van der Waals surface area contributed by atoms with Gasteiger partial charge in [-0.25, -0.2) is 8.42 Å². The number of ether oxygens (including phenoxy) is 1. The molecule has 0 heterocycles. The van der Waals surface area contributed by atoms with Gasteiger partial charge in [0.1, 0.15) is 0 Å². The summed E-state index contributed by atoms with van der Waals surface area (Å²) in [6.45, 7) is 4.96. The van der Waals surface area contributed by atoms with Gasteiger partial charge in [0.2, 0.25) is 0 Å². The van der Waals surface area contributed by atoms with Crippen molar-refractivity contribution >= 4 is 39.8 Å². The molecule has 138 valence electrons. The number of nitrogens with one attached hydrogen (secondary N) is 2. The number of guanidine groups is 1. The quantitative estimate of drug-likeness (QED) is 0.251. The molecular weight excluding hydrogens is 441 g/mol. The molecule has 0 aliphatic rings. The van der Waals surface area contributed by atoms with Gasteiger partial charge in [-0.15, -0.1) is 24.0 Å². The molecule has 0 fully saturated rings. The monoisotopic (exact) mass is 469 g/mol. The van der Waals surface area contributed by atoms with Crippen LogP contribution in [0, 0.1) is 0 Å². The lowest BCUT2D eigenvalue weighted by Gasteiger charge is -2.12. The van der Waals surface area contributed by atoms with Crippen molar-refractivity contribution in [2.75, 3.05) is 33.1 Å². The number of halogens is 1. The van der Waals surface area contributed by atoms with Crippen LogP contribution in [0.3, 0.4) is 0 Å². The molecule has 0 aromatic heterocycles. The van der Waals surface area contributed by atoms with Crippen molar-refractivity contribution in [3.63, 3.8) is 0 Å². The highest BCUT2D eigenvalue weighted by molar-refractivity contribution is 14.0. The van der Waals surface area contributed by atoms with E-state index in [-0.39, 0.29) is 24.0 Å². The van der Waals surface area contributed by atoms with Gasteiger partial charge in [-0.1, -0.05) is 12.1 Å². The first-order chi connectivity index (χ1) is 11.0. The normalized spacial score (nSPS) is 11.7. The fourth-order valence-corrected chi connectivity index (χ4v) is 2.57. The highest BCUT2D eigenvalue weighted by atomic mass is 127. The lowest BCUT2D eigenvalue weighted by atomic mass is 10.2. The summed E-state index contributed by atoms with van der Waals surface area (Å²) in [4.78, 5) is 4.49. The van der Waals surface area contributed by atoms with Crippen LogP contribution >= 0.6 is 24.0 Å². The largest absolute Gasteiger partial charge is 0.382 e. The predicted molar refractivity (Wildman–Crippen MR) is 109 cm³/mol. The molecule has 0 amide bonds. The number of sulfone groups is 1. The maximum absolute atomic E-state index is 11.4. The molecule has 24 heavy (non-hydrogen) atoms. The Balaban J connectivity index is 0.00000529. The summed E-state index contributed by atoms with van der Waals surface area (Å²) in [5, 5.41) is 6.44. The van der Waals surface area contributed by atoms with E-state index >= 15 is 0 Å². The molecule has 0 radical (unpaired) electrons. The van der Waals surface area contributed by atoms with E-state index in [0.29, 0.717) is 11.4 Å². The Kier molecular flexibility index (Phi) is 12.0. The van der Waals surface area contributed by atoms with Gasteiger partial charge in [-0.2, -0.15) is 0 Å². The van der Waals surface area contributed by atoms with Crippen molar-refractivity contribution in [1.82, 2.24) is 10.6 Å². The van der Waals surface area contributed by atoms with Crippen LogP contribution in [0.2, 0.25) is 0 Å². The number of rotatable bonds is 9. The van der Waals surface area contributed by atoms with Crippen molar-refractivity contribution in [3.8, 4) is 0 Å². The van der Waals surface area contributed by atoms with Gasteiger partial charge in [-0.3, -0.25) is 4.99 Å². The molecule has 6 nitrogen and oxygen atoms in total. The zero-order valence-corrected chi connectivity index (χ0v) is 17.7. The fourth-order valence-electron chi connectivity index (χ4n) is 1.94. The summed E-state index contributed by atoms with van der Waals surface area (Å²) in [6.07, 6.45) is 3.24. The molecule has 1 aromatic carbocycles. The zero-order chi connectivity index (χ0) is 17.1. The molecule has 0 unspecified atom stereocenters. The lowest BCUT2D eigenvalue weighted by Crippen LogP contribution is -2.37. The lowest BCUT2D eigenvalue weighted by molar-refractivity contribution is 0.143. The summed E-state index contributed by atoms with van der Waals surface area (Å²) < 4.78 is 28.1. The van der Waals surface area contributed by atoms with Crippen molar-refractivity contribution in [1.29, 1.82) is 0 Å². The number of aliphatic imine (C=N–C) groups is 1. The molecule has 0 saturated carbocycles. The average molecular weight is 469 g/mol. The number of nitrogens with zero attached hydrogens (tertiary/aromatic N) is 1. The second-order valence-corrected chi connectivity index (χ2v) is 7.19. The first-order valence-corrected chi connectivity index (χ1v) is 9.67. The smallest absolute Gasteiger partial charge is 0.191 e. The Hall–Kier alpha value is -0.870. The van der Waals surface area contributed by atoms with E-state index in [2.05, 4.69) is 15.6 Å². The van der Waals surface area contributed by atoms with Crippen LogP contribution in [0.4, 0.5) is 0 Å². The number of unbranched alkanes of at least 4 members (excludes halogenated alkanes) is 1. The third-order valence-electron chi connectivity index (χ3n) is 3.25. The Labute approximate surface area is 162 Å². The maximum Gasteiger partial charge on any atom is 0.191 e. The molecule has 1 rings (SSSR count). The van der Waals surface area contributed by atoms with E-state index in [1.807, 2.05) is 6.92 Å². The molecule has 0 saturated heterocycles. The van der Waals surface area contributed by atoms with Crippen LogP contribution in [0.1, 0.15) is 25.3 Å². The van der Waals surface area contributed by atoms with E-state index < -0.39 is 9.84 Å². The predicted octanol–water partition coefficient (Wildman–Crippen LogP) is 2.19. The Bertz CT molecular complexity index is 589. The second kappa shape index (κ2) is 12.5. The Morgan fingerprint density at radius 2 is 1.83 bits per heavy atom. The fraction of sp³-hybridized carbons (Fsp3) is 0.562. The van der Waals surface area contributed by atoms with Crippen LogP contribution in [-0.4, -0.2) is 47.4 Å². The minimum Gasteiger partial charge on any atom is -0.382 e. The summed E-state index contributed by atoms with van der Waals surface area (Å²) in [7, 11) is -1.42. The van der Waals surface area contributed by atoms with E-state index in [4.69, 9.17) is 4.74 Å². The zero-order valence-electron chi connectivity index (χ0n) is 14.5. The number of hydrogen-bond donors (Lipinski definition) is 2. The van der Waals surface area contributed by atoms with Crippen LogP contribution in [0.5, 0.6) is 0 Å². The first kappa shape index (κ1) is 23.1. The van der Waals surface area contributed by atoms with E-state index in [0.717, 1.165) is 44.1 Å². The van der Waals surface area contributed by atoms with Gasteiger partial charge in [0.25, 0.3) is 0 Å². The molecule has 8 heteroatoms. The van der Waals surface area contributed by atoms with Gasteiger partial charge in [0.05, 0.1) is 4.90 Å². The Morgan fingerprint density at radius 3 is 2.38 bits per heavy atom. The van der Waals surface area contributed by atoms with Crippen LogP contribution in [-0.2, 0) is 21.1 Å². The maximum atomic E-state index is 11.4. The highest BCUT2D eigenvalue weighted by Gasteiger charge is 2.06. The van der Waals surface area contributed by atoms with Gasteiger partial charge in [0, 0.05) is 39.6 Å². The molecule has 0 bridgehead atoms. The average Bonchev–Trinajstić information content (AvgIpc) is 2.53. The summed E-state index contributed by atoms with van der Waals surface area (Å²) >= 11 is 0. The number of hydrogen-bond acceptors (Lipinski definition) is 4. The van der Waals surface area contributed by atoms with Crippen LogP contribution in [0.15, 0.2) is 34.2 Å². The van der Waals surface area contributed by atoms with Gasteiger partial charge in [-0.05, 0) is 37.5 Å². The van der Waals surface area contributed by atoms with Crippen molar-refractivity contribution in [3.05, 3.63) is 29.8 Å². The molecule has 2 N–H and O–H groups in total. The summed E-state index contributed by atoms with van der Waals surface area (Å²) in [5.74, 6) is 0.730. The minimum atomic E-state index is -3.14. The topological polar surface area (TPSA) is 79.8 Å².